The maximum atomic E-state index is 13.0. The Hall–Kier alpha value is -2.27. The number of anilines is 2. The minimum atomic E-state index is -0.475. The number of para-hydroxylation sites is 1. The standard InChI is InChI=1S/C15H14ClFN2O2/c1-2-21-14-10(4-3-5-12(14)18)15(20)19-13-7-6-9(17)8-11(13)16/h3-8H,2,18H2,1H3,(H,19,20). The molecule has 0 saturated heterocycles. The van der Waals surface area contributed by atoms with Gasteiger partial charge >= 0.3 is 0 Å². The number of amides is 1. The first kappa shape index (κ1) is 15.1. The molecule has 2 aromatic rings. The Balaban J connectivity index is 2.30. The molecule has 0 radical (unpaired) electrons. The van der Waals surface area contributed by atoms with Crippen LogP contribution in [0.25, 0.3) is 0 Å². The molecule has 0 aliphatic heterocycles. The highest BCUT2D eigenvalue weighted by atomic mass is 35.5. The Morgan fingerprint density at radius 2 is 2.14 bits per heavy atom. The quantitative estimate of drug-likeness (QED) is 0.846. The number of nitrogens with one attached hydrogen (secondary N) is 1. The van der Waals surface area contributed by atoms with Crippen LogP contribution in [0, 0.1) is 5.82 Å². The van der Waals surface area contributed by atoms with E-state index in [4.69, 9.17) is 22.1 Å². The van der Waals surface area contributed by atoms with E-state index in [1.54, 1.807) is 25.1 Å². The largest absolute Gasteiger partial charge is 0.491 e. The zero-order chi connectivity index (χ0) is 15.4. The van der Waals surface area contributed by atoms with E-state index in [0.29, 0.717) is 23.7 Å². The van der Waals surface area contributed by atoms with E-state index < -0.39 is 11.7 Å². The fourth-order valence-corrected chi connectivity index (χ4v) is 2.03. The van der Waals surface area contributed by atoms with Crippen LogP contribution in [0.15, 0.2) is 36.4 Å². The number of hydrogen-bond acceptors (Lipinski definition) is 3. The van der Waals surface area contributed by atoms with E-state index in [2.05, 4.69) is 5.32 Å². The number of benzene rings is 2. The summed E-state index contributed by atoms with van der Waals surface area (Å²) < 4.78 is 18.4. The highest BCUT2D eigenvalue weighted by Crippen LogP contribution is 2.28. The molecule has 0 spiro atoms. The van der Waals surface area contributed by atoms with Gasteiger partial charge in [-0.1, -0.05) is 17.7 Å². The Kier molecular flexibility index (Phi) is 4.65. The Morgan fingerprint density at radius 3 is 2.81 bits per heavy atom. The molecule has 4 nitrogen and oxygen atoms in total. The van der Waals surface area contributed by atoms with Gasteiger partial charge in [0.25, 0.3) is 5.91 Å². The average molecular weight is 309 g/mol. The van der Waals surface area contributed by atoms with Crippen molar-refractivity contribution in [3.8, 4) is 5.75 Å². The molecular formula is C15H14ClFN2O2. The summed E-state index contributed by atoms with van der Waals surface area (Å²) in [6.45, 7) is 2.18. The second kappa shape index (κ2) is 6.45. The van der Waals surface area contributed by atoms with Crippen molar-refractivity contribution in [1.82, 2.24) is 0 Å². The molecule has 6 heteroatoms. The van der Waals surface area contributed by atoms with E-state index in [1.807, 2.05) is 0 Å². The number of ether oxygens (including phenoxy) is 1. The smallest absolute Gasteiger partial charge is 0.259 e. The summed E-state index contributed by atoms with van der Waals surface area (Å²) in [5.74, 6) is -0.591. The minimum Gasteiger partial charge on any atom is -0.491 e. The molecular weight excluding hydrogens is 295 g/mol. The molecule has 0 heterocycles. The van der Waals surface area contributed by atoms with Gasteiger partial charge in [0, 0.05) is 0 Å². The van der Waals surface area contributed by atoms with Crippen LogP contribution >= 0.6 is 11.6 Å². The average Bonchev–Trinajstić information content (AvgIpc) is 2.44. The first-order chi connectivity index (χ1) is 10.0. The third kappa shape index (κ3) is 3.44. The zero-order valence-electron chi connectivity index (χ0n) is 11.3. The van der Waals surface area contributed by atoms with Gasteiger partial charge in [0.2, 0.25) is 0 Å². The van der Waals surface area contributed by atoms with Crippen molar-refractivity contribution in [3.05, 3.63) is 52.8 Å². The van der Waals surface area contributed by atoms with Gasteiger partial charge in [0.05, 0.1) is 28.6 Å². The summed E-state index contributed by atoms with van der Waals surface area (Å²) in [6.07, 6.45) is 0. The molecule has 0 saturated carbocycles. The predicted molar refractivity (Wildman–Crippen MR) is 81.4 cm³/mol. The van der Waals surface area contributed by atoms with Gasteiger partial charge in [-0.05, 0) is 37.3 Å². The molecule has 0 aliphatic carbocycles. The number of nitrogens with two attached hydrogens (primary N) is 1. The fraction of sp³-hybridized carbons (Fsp3) is 0.133. The van der Waals surface area contributed by atoms with E-state index in [9.17, 15) is 9.18 Å². The maximum Gasteiger partial charge on any atom is 0.259 e. The third-order valence-electron chi connectivity index (χ3n) is 2.76. The lowest BCUT2D eigenvalue weighted by atomic mass is 10.1. The monoisotopic (exact) mass is 308 g/mol. The summed E-state index contributed by atoms with van der Waals surface area (Å²) in [7, 11) is 0. The molecule has 0 fully saturated rings. The number of carbonyl (C=O) groups is 1. The first-order valence-electron chi connectivity index (χ1n) is 6.30. The minimum absolute atomic E-state index is 0.116. The van der Waals surface area contributed by atoms with Crippen molar-refractivity contribution in [3.63, 3.8) is 0 Å². The van der Waals surface area contributed by atoms with Crippen molar-refractivity contribution in [2.45, 2.75) is 6.92 Å². The van der Waals surface area contributed by atoms with Gasteiger partial charge in [0.1, 0.15) is 5.82 Å². The van der Waals surface area contributed by atoms with E-state index >= 15 is 0 Å². The molecule has 0 atom stereocenters. The van der Waals surface area contributed by atoms with Gasteiger partial charge < -0.3 is 15.8 Å². The lowest BCUT2D eigenvalue weighted by molar-refractivity contribution is 0.102. The van der Waals surface area contributed by atoms with Crippen LogP contribution in [0.2, 0.25) is 5.02 Å². The molecule has 21 heavy (non-hydrogen) atoms. The highest BCUT2D eigenvalue weighted by molar-refractivity contribution is 6.34. The van der Waals surface area contributed by atoms with Crippen LogP contribution in [-0.2, 0) is 0 Å². The number of rotatable bonds is 4. The molecule has 110 valence electrons. The van der Waals surface area contributed by atoms with Crippen LogP contribution in [0.4, 0.5) is 15.8 Å². The maximum absolute atomic E-state index is 13.0. The molecule has 0 aliphatic rings. The van der Waals surface area contributed by atoms with Crippen LogP contribution in [0.3, 0.4) is 0 Å². The molecule has 0 unspecified atom stereocenters. The summed E-state index contributed by atoms with van der Waals surface area (Å²) in [6, 6.07) is 8.62. The molecule has 2 rings (SSSR count). The van der Waals surface area contributed by atoms with E-state index in [-0.39, 0.29) is 10.6 Å². The predicted octanol–water partition coefficient (Wildman–Crippen LogP) is 3.71. The zero-order valence-corrected chi connectivity index (χ0v) is 12.1. The van der Waals surface area contributed by atoms with Gasteiger partial charge in [-0.2, -0.15) is 0 Å². The summed E-state index contributed by atoms with van der Waals surface area (Å²) in [4.78, 5) is 12.3. The van der Waals surface area contributed by atoms with Gasteiger partial charge in [-0.25, -0.2) is 4.39 Å². The van der Waals surface area contributed by atoms with E-state index in [0.717, 1.165) is 6.07 Å². The van der Waals surface area contributed by atoms with Gasteiger partial charge in [0.15, 0.2) is 5.75 Å². The van der Waals surface area contributed by atoms with Crippen molar-refractivity contribution >= 4 is 28.9 Å². The number of carbonyl (C=O) groups excluding carboxylic acids is 1. The van der Waals surface area contributed by atoms with Crippen LogP contribution in [0.1, 0.15) is 17.3 Å². The number of nitrogen functional groups attached to an aromatic ring is 1. The molecule has 3 N–H and O–H groups in total. The second-order valence-electron chi connectivity index (χ2n) is 4.24. The van der Waals surface area contributed by atoms with Crippen molar-refractivity contribution < 1.29 is 13.9 Å². The van der Waals surface area contributed by atoms with Crippen LogP contribution < -0.4 is 15.8 Å². The van der Waals surface area contributed by atoms with Crippen molar-refractivity contribution in [2.24, 2.45) is 0 Å². The number of hydrogen-bond donors (Lipinski definition) is 2. The van der Waals surface area contributed by atoms with Gasteiger partial charge in [-0.3, -0.25) is 4.79 Å². The normalized spacial score (nSPS) is 10.2. The summed E-state index contributed by atoms with van der Waals surface area (Å²) in [5, 5.41) is 2.72. The highest BCUT2D eigenvalue weighted by Gasteiger charge is 2.16. The molecule has 1 amide bonds. The van der Waals surface area contributed by atoms with E-state index in [1.165, 1.54) is 12.1 Å². The van der Waals surface area contributed by atoms with Gasteiger partial charge in [-0.15, -0.1) is 0 Å². The lowest BCUT2D eigenvalue weighted by Gasteiger charge is -2.13. The summed E-state index contributed by atoms with van der Waals surface area (Å²) >= 11 is 5.88. The SMILES string of the molecule is CCOc1c(N)cccc1C(=O)Nc1ccc(F)cc1Cl. The molecule has 0 bridgehead atoms. The van der Waals surface area contributed by atoms with Crippen LogP contribution in [-0.4, -0.2) is 12.5 Å². The van der Waals surface area contributed by atoms with Crippen molar-refractivity contribution in [2.75, 3.05) is 17.7 Å². The topological polar surface area (TPSA) is 64.3 Å². The third-order valence-corrected chi connectivity index (χ3v) is 3.07. The second-order valence-corrected chi connectivity index (χ2v) is 4.64. The Labute approximate surface area is 126 Å². The number of halogens is 2. The lowest BCUT2D eigenvalue weighted by Crippen LogP contribution is -2.15. The molecule has 0 aromatic heterocycles. The fourth-order valence-electron chi connectivity index (χ4n) is 1.82. The summed E-state index contributed by atoms with van der Waals surface area (Å²) in [5.41, 5.74) is 6.78. The Morgan fingerprint density at radius 1 is 1.38 bits per heavy atom. The first-order valence-corrected chi connectivity index (χ1v) is 6.68. The van der Waals surface area contributed by atoms with Crippen molar-refractivity contribution in [1.29, 1.82) is 0 Å². The molecule has 2 aromatic carbocycles. The Bertz CT molecular complexity index is 677. The van der Waals surface area contributed by atoms with Crippen LogP contribution in [0.5, 0.6) is 5.75 Å².